The predicted octanol–water partition coefficient (Wildman–Crippen LogP) is 2.93. The zero-order chi connectivity index (χ0) is 14.7. The molecule has 0 bridgehead atoms. The van der Waals surface area contributed by atoms with Gasteiger partial charge in [-0.15, -0.1) is 11.3 Å². The van der Waals surface area contributed by atoms with Gasteiger partial charge in [0, 0.05) is 17.5 Å². The first-order chi connectivity index (χ1) is 10.2. The highest BCUT2D eigenvalue weighted by Crippen LogP contribution is 2.23. The lowest BCUT2D eigenvalue weighted by atomic mass is 10.2. The molecule has 108 valence electrons. The van der Waals surface area contributed by atoms with Crippen molar-refractivity contribution in [2.24, 2.45) is 0 Å². The van der Waals surface area contributed by atoms with Crippen molar-refractivity contribution in [3.05, 3.63) is 52.9 Å². The largest absolute Gasteiger partial charge is 0.338 e. The van der Waals surface area contributed by atoms with Crippen LogP contribution in [0.3, 0.4) is 0 Å². The van der Waals surface area contributed by atoms with E-state index in [0.717, 1.165) is 16.3 Å². The number of rotatable bonds is 5. The van der Waals surface area contributed by atoms with Crippen molar-refractivity contribution in [2.75, 3.05) is 0 Å². The highest BCUT2D eigenvalue weighted by Gasteiger charge is 2.06. The molecule has 0 radical (unpaired) electrons. The second-order valence-corrected chi connectivity index (χ2v) is 5.35. The first kappa shape index (κ1) is 13.8. The number of aryl methyl sites for hydroxylation is 1. The Labute approximate surface area is 124 Å². The minimum atomic E-state index is -0.243. The predicted molar refractivity (Wildman–Crippen MR) is 77.1 cm³/mol. The molecule has 7 heteroatoms. The first-order valence-corrected chi connectivity index (χ1v) is 7.29. The maximum absolute atomic E-state index is 12.9. The van der Waals surface area contributed by atoms with Crippen molar-refractivity contribution in [1.82, 2.24) is 20.4 Å². The van der Waals surface area contributed by atoms with Gasteiger partial charge in [0.1, 0.15) is 10.8 Å². The van der Waals surface area contributed by atoms with Crippen LogP contribution in [0, 0.1) is 12.7 Å². The molecule has 1 aromatic carbocycles. The summed E-state index contributed by atoms with van der Waals surface area (Å²) in [5.74, 6) is 0.938. The second-order valence-electron chi connectivity index (χ2n) is 4.49. The fourth-order valence-electron chi connectivity index (χ4n) is 1.82. The van der Waals surface area contributed by atoms with E-state index >= 15 is 0 Å². The van der Waals surface area contributed by atoms with Crippen LogP contribution < -0.4 is 5.32 Å². The molecular weight excluding hydrogens is 291 g/mol. The molecule has 0 atom stereocenters. The van der Waals surface area contributed by atoms with Gasteiger partial charge in [-0.25, -0.2) is 9.37 Å². The Morgan fingerprint density at radius 1 is 1.19 bits per heavy atom. The van der Waals surface area contributed by atoms with Crippen molar-refractivity contribution < 1.29 is 8.91 Å². The van der Waals surface area contributed by atoms with Gasteiger partial charge in [-0.1, -0.05) is 5.16 Å². The summed E-state index contributed by atoms with van der Waals surface area (Å²) < 4.78 is 17.9. The molecule has 0 amide bonds. The lowest BCUT2D eigenvalue weighted by Gasteiger charge is -1.98. The van der Waals surface area contributed by atoms with Crippen LogP contribution >= 0.6 is 11.3 Å². The van der Waals surface area contributed by atoms with Gasteiger partial charge in [-0.3, -0.25) is 0 Å². The number of benzene rings is 1. The van der Waals surface area contributed by atoms with Gasteiger partial charge in [-0.2, -0.15) is 4.98 Å². The average Bonchev–Trinajstić information content (AvgIpc) is 3.09. The molecule has 3 rings (SSSR count). The van der Waals surface area contributed by atoms with E-state index in [9.17, 15) is 4.39 Å². The monoisotopic (exact) mass is 304 g/mol. The minimum absolute atomic E-state index is 0.243. The van der Waals surface area contributed by atoms with E-state index in [2.05, 4.69) is 20.4 Å². The molecule has 0 saturated heterocycles. The standard InChI is InChI=1S/C14H13FN4OS/c1-9-17-13(20-19-9)7-16-6-12-8-21-14(18-12)10-2-4-11(15)5-3-10/h2-5,8,16H,6-7H2,1H3. The van der Waals surface area contributed by atoms with Gasteiger partial charge in [0.15, 0.2) is 5.82 Å². The Morgan fingerprint density at radius 3 is 2.71 bits per heavy atom. The van der Waals surface area contributed by atoms with Crippen molar-refractivity contribution >= 4 is 11.3 Å². The summed E-state index contributed by atoms with van der Waals surface area (Å²) in [6.07, 6.45) is 0. The van der Waals surface area contributed by atoms with E-state index in [1.165, 1.54) is 23.5 Å². The highest BCUT2D eigenvalue weighted by molar-refractivity contribution is 7.13. The van der Waals surface area contributed by atoms with E-state index in [1.54, 1.807) is 19.1 Å². The molecule has 0 aliphatic heterocycles. The second kappa shape index (κ2) is 6.11. The SMILES string of the molecule is Cc1noc(CNCc2csc(-c3ccc(F)cc3)n2)n1. The molecule has 0 aliphatic rings. The lowest BCUT2D eigenvalue weighted by Crippen LogP contribution is -2.13. The van der Waals surface area contributed by atoms with Crippen LogP contribution in [0.2, 0.25) is 0 Å². The third kappa shape index (κ3) is 3.50. The van der Waals surface area contributed by atoms with Crippen molar-refractivity contribution in [2.45, 2.75) is 20.0 Å². The van der Waals surface area contributed by atoms with Gasteiger partial charge in [0.05, 0.1) is 12.2 Å². The number of nitrogens with zero attached hydrogens (tertiary/aromatic N) is 3. The topological polar surface area (TPSA) is 63.8 Å². The van der Waals surface area contributed by atoms with Crippen molar-refractivity contribution in [1.29, 1.82) is 0 Å². The van der Waals surface area contributed by atoms with E-state index in [0.29, 0.717) is 24.8 Å². The normalized spacial score (nSPS) is 11.0. The maximum atomic E-state index is 12.9. The molecule has 3 aromatic rings. The molecule has 0 unspecified atom stereocenters. The van der Waals surface area contributed by atoms with E-state index in [-0.39, 0.29) is 5.82 Å². The van der Waals surface area contributed by atoms with E-state index in [1.807, 2.05) is 5.38 Å². The summed E-state index contributed by atoms with van der Waals surface area (Å²) in [6.45, 7) is 2.89. The lowest BCUT2D eigenvalue weighted by molar-refractivity contribution is 0.364. The Kier molecular flexibility index (Phi) is 4.03. The highest BCUT2D eigenvalue weighted by atomic mass is 32.1. The summed E-state index contributed by atoms with van der Waals surface area (Å²) in [5.41, 5.74) is 1.84. The molecule has 0 spiro atoms. The Hall–Kier alpha value is -2.12. The fourth-order valence-corrected chi connectivity index (χ4v) is 2.65. The number of nitrogens with one attached hydrogen (secondary N) is 1. The Balaban J connectivity index is 1.59. The van der Waals surface area contributed by atoms with Gasteiger partial charge >= 0.3 is 0 Å². The van der Waals surface area contributed by atoms with Crippen LogP contribution in [0.15, 0.2) is 34.2 Å². The maximum Gasteiger partial charge on any atom is 0.240 e. The number of hydrogen-bond donors (Lipinski definition) is 1. The van der Waals surface area contributed by atoms with Crippen LogP contribution in [0.5, 0.6) is 0 Å². The Bertz CT molecular complexity index is 723. The number of halogens is 1. The zero-order valence-corrected chi connectivity index (χ0v) is 12.2. The van der Waals surface area contributed by atoms with Crippen LogP contribution in [-0.2, 0) is 13.1 Å². The van der Waals surface area contributed by atoms with Crippen molar-refractivity contribution in [3.8, 4) is 10.6 Å². The quantitative estimate of drug-likeness (QED) is 0.785. The molecule has 5 nitrogen and oxygen atoms in total. The van der Waals surface area contributed by atoms with Crippen LogP contribution in [-0.4, -0.2) is 15.1 Å². The van der Waals surface area contributed by atoms with Crippen molar-refractivity contribution in [3.63, 3.8) is 0 Å². The van der Waals surface area contributed by atoms with Gasteiger partial charge in [-0.05, 0) is 31.2 Å². The summed E-state index contributed by atoms with van der Waals surface area (Å²) in [7, 11) is 0. The minimum Gasteiger partial charge on any atom is -0.338 e. The third-order valence-electron chi connectivity index (χ3n) is 2.79. The summed E-state index contributed by atoms with van der Waals surface area (Å²) in [6, 6.07) is 6.33. The third-order valence-corrected chi connectivity index (χ3v) is 3.74. The summed E-state index contributed by atoms with van der Waals surface area (Å²) >= 11 is 1.53. The smallest absolute Gasteiger partial charge is 0.240 e. The number of thiazole rings is 1. The summed E-state index contributed by atoms with van der Waals surface area (Å²) in [5, 5.41) is 9.77. The molecule has 1 N–H and O–H groups in total. The van der Waals surface area contributed by atoms with Crippen LogP contribution in [0.4, 0.5) is 4.39 Å². The molecule has 2 heterocycles. The molecule has 2 aromatic heterocycles. The zero-order valence-electron chi connectivity index (χ0n) is 11.3. The number of hydrogen-bond acceptors (Lipinski definition) is 6. The molecule has 21 heavy (non-hydrogen) atoms. The van der Waals surface area contributed by atoms with E-state index in [4.69, 9.17) is 4.52 Å². The van der Waals surface area contributed by atoms with Gasteiger partial charge < -0.3 is 9.84 Å². The first-order valence-electron chi connectivity index (χ1n) is 6.41. The number of aromatic nitrogens is 3. The molecular formula is C14H13FN4OS. The molecule has 0 aliphatic carbocycles. The van der Waals surface area contributed by atoms with Gasteiger partial charge in [0.2, 0.25) is 5.89 Å². The van der Waals surface area contributed by atoms with Crippen LogP contribution in [0.1, 0.15) is 17.4 Å². The van der Waals surface area contributed by atoms with Crippen LogP contribution in [0.25, 0.3) is 10.6 Å². The summed E-state index contributed by atoms with van der Waals surface area (Å²) in [4.78, 5) is 8.62. The molecule has 0 saturated carbocycles. The average molecular weight is 304 g/mol. The van der Waals surface area contributed by atoms with Gasteiger partial charge in [0.25, 0.3) is 0 Å². The van der Waals surface area contributed by atoms with E-state index < -0.39 is 0 Å². The Morgan fingerprint density at radius 2 is 2.00 bits per heavy atom. The molecule has 0 fully saturated rings. The fraction of sp³-hybridized carbons (Fsp3) is 0.214.